The molecule has 38 heavy (non-hydrogen) atoms. The van der Waals surface area contributed by atoms with E-state index in [2.05, 4.69) is 38.2 Å². The quantitative estimate of drug-likeness (QED) is 0.159. The highest BCUT2D eigenvalue weighted by Gasteiger charge is 2.16. The summed E-state index contributed by atoms with van der Waals surface area (Å²) in [5.41, 5.74) is 1.96. The van der Waals surface area contributed by atoms with Crippen molar-refractivity contribution in [3.63, 3.8) is 0 Å². The second-order valence-electron chi connectivity index (χ2n) is 8.62. The molecule has 3 aromatic carbocycles. The first-order chi connectivity index (χ1) is 18.3. The number of unbranched alkanes of at least 4 members (excludes halogenated alkanes) is 3. The first-order valence-corrected chi connectivity index (χ1v) is 15.2. The fraction of sp³-hybridized carbons (Fsp3) is 0.286. The summed E-state index contributed by atoms with van der Waals surface area (Å²) in [6, 6.07) is 21.1. The third kappa shape index (κ3) is 9.50. The van der Waals surface area contributed by atoms with Gasteiger partial charge < -0.3 is 10.1 Å². The third-order valence-electron chi connectivity index (χ3n) is 5.64. The van der Waals surface area contributed by atoms with Crippen LogP contribution < -0.4 is 20.1 Å². The molecule has 0 spiro atoms. The van der Waals surface area contributed by atoms with Gasteiger partial charge in [-0.1, -0.05) is 72.4 Å². The van der Waals surface area contributed by atoms with Crippen molar-refractivity contribution in [2.24, 2.45) is 0 Å². The van der Waals surface area contributed by atoms with Gasteiger partial charge in [-0.25, -0.2) is 13.1 Å². The number of carbonyl (C=O) groups excluding carboxylic acids is 1. The number of nitrogens with one attached hydrogen (secondary N) is 3. The molecule has 0 aliphatic heterocycles. The van der Waals surface area contributed by atoms with Gasteiger partial charge in [-0.15, -0.1) is 0 Å². The Kier molecular flexibility index (Phi) is 11.7. The van der Waals surface area contributed by atoms with Crippen LogP contribution in [0.3, 0.4) is 0 Å². The predicted molar refractivity (Wildman–Crippen MR) is 159 cm³/mol. The van der Waals surface area contributed by atoms with Crippen LogP contribution in [0.5, 0.6) is 5.75 Å². The summed E-state index contributed by atoms with van der Waals surface area (Å²) in [7, 11) is -3.65. The monoisotopic (exact) mass is 617 g/mol. The van der Waals surface area contributed by atoms with Crippen molar-refractivity contribution < 1.29 is 17.9 Å². The number of hydrogen-bond donors (Lipinski definition) is 3. The van der Waals surface area contributed by atoms with E-state index in [4.69, 9.17) is 17.0 Å². The summed E-state index contributed by atoms with van der Waals surface area (Å²) in [4.78, 5) is 13.1. The minimum Gasteiger partial charge on any atom is -0.493 e. The Morgan fingerprint density at radius 2 is 1.71 bits per heavy atom. The van der Waals surface area contributed by atoms with Gasteiger partial charge >= 0.3 is 0 Å². The zero-order valence-corrected chi connectivity index (χ0v) is 24.4. The normalized spacial score (nSPS) is 11.1. The van der Waals surface area contributed by atoms with Crippen molar-refractivity contribution >= 4 is 54.9 Å². The van der Waals surface area contributed by atoms with Crippen LogP contribution in [0.15, 0.2) is 82.2 Å². The molecule has 0 aliphatic rings. The van der Waals surface area contributed by atoms with Crippen LogP contribution in [-0.2, 0) is 16.4 Å². The van der Waals surface area contributed by atoms with E-state index in [0.29, 0.717) is 36.6 Å². The summed E-state index contributed by atoms with van der Waals surface area (Å²) >= 11 is 8.71. The van der Waals surface area contributed by atoms with Gasteiger partial charge in [-0.2, -0.15) is 0 Å². The molecule has 202 valence electrons. The molecule has 0 radical (unpaired) electrons. The Morgan fingerprint density at radius 3 is 2.42 bits per heavy atom. The first-order valence-electron chi connectivity index (χ1n) is 12.5. The SMILES string of the molecule is CCCCCCOc1ccc(Br)cc1C(=O)NC(=S)Nc1ccc(S(=O)(=O)NCCc2ccccc2)cc1. The molecule has 7 nitrogen and oxygen atoms in total. The summed E-state index contributed by atoms with van der Waals surface area (Å²) in [5.74, 6) is 0.0773. The van der Waals surface area contributed by atoms with E-state index in [1.807, 2.05) is 36.4 Å². The second kappa shape index (κ2) is 15.0. The Bertz CT molecular complexity index is 1320. The lowest BCUT2D eigenvalue weighted by Gasteiger charge is -2.14. The topological polar surface area (TPSA) is 96.5 Å². The number of amides is 1. The van der Waals surface area contributed by atoms with E-state index < -0.39 is 15.9 Å². The Labute approximate surface area is 238 Å². The van der Waals surface area contributed by atoms with Crippen LogP contribution >= 0.6 is 28.1 Å². The molecule has 0 fully saturated rings. The number of rotatable bonds is 13. The van der Waals surface area contributed by atoms with E-state index in [-0.39, 0.29) is 10.0 Å². The molecule has 10 heteroatoms. The predicted octanol–water partition coefficient (Wildman–Crippen LogP) is 6.06. The molecule has 3 rings (SSSR count). The Balaban J connectivity index is 1.54. The van der Waals surface area contributed by atoms with Crippen molar-refractivity contribution in [1.82, 2.24) is 10.0 Å². The molecule has 0 aromatic heterocycles. The maximum atomic E-state index is 12.9. The van der Waals surface area contributed by atoms with Gasteiger partial charge in [-0.05, 0) is 73.1 Å². The van der Waals surface area contributed by atoms with Crippen LogP contribution in [0.1, 0.15) is 48.5 Å². The van der Waals surface area contributed by atoms with E-state index in [0.717, 1.165) is 35.7 Å². The lowest BCUT2D eigenvalue weighted by molar-refractivity contribution is 0.0973. The molecule has 0 heterocycles. The van der Waals surface area contributed by atoms with Crippen molar-refractivity contribution in [2.45, 2.75) is 43.9 Å². The van der Waals surface area contributed by atoms with Crippen LogP contribution in [0, 0.1) is 0 Å². The van der Waals surface area contributed by atoms with E-state index in [9.17, 15) is 13.2 Å². The smallest absolute Gasteiger partial charge is 0.261 e. The highest BCUT2D eigenvalue weighted by atomic mass is 79.9. The number of ether oxygens (including phenoxy) is 1. The first kappa shape index (κ1) is 29.8. The summed E-state index contributed by atoms with van der Waals surface area (Å²) in [5, 5.41) is 5.66. The molecule has 0 atom stereocenters. The number of hydrogen-bond acceptors (Lipinski definition) is 5. The average molecular weight is 619 g/mol. The van der Waals surface area contributed by atoms with Crippen LogP contribution in [0.2, 0.25) is 0 Å². The maximum Gasteiger partial charge on any atom is 0.261 e. The average Bonchev–Trinajstić information content (AvgIpc) is 2.90. The van der Waals surface area contributed by atoms with Gasteiger partial charge in [0.15, 0.2) is 5.11 Å². The van der Waals surface area contributed by atoms with Gasteiger partial charge in [0, 0.05) is 16.7 Å². The molecule has 0 aliphatic carbocycles. The number of halogens is 1. The van der Waals surface area contributed by atoms with Crippen molar-refractivity contribution in [1.29, 1.82) is 0 Å². The van der Waals surface area contributed by atoms with Crippen LogP contribution in [0.4, 0.5) is 5.69 Å². The molecular formula is C28H32BrN3O4S2. The van der Waals surface area contributed by atoms with Crippen molar-refractivity contribution in [3.8, 4) is 5.75 Å². The summed E-state index contributed by atoms with van der Waals surface area (Å²) in [6.45, 7) is 2.97. The Morgan fingerprint density at radius 1 is 0.974 bits per heavy atom. The standard InChI is InChI=1S/C28H32BrN3O4S2/c1-2-3-4-8-19-36-26-16-11-22(29)20-25(26)27(33)32-28(37)31-23-12-14-24(15-13-23)38(34,35)30-18-17-21-9-6-5-7-10-21/h5-7,9-16,20,30H,2-4,8,17-19H2,1H3,(H2,31,32,33,37). The van der Waals surface area contributed by atoms with Crippen LogP contribution in [-0.4, -0.2) is 32.6 Å². The zero-order valence-electron chi connectivity index (χ0n) is 21.2. The number of anilines is 1. The lowest BCUT2D eigenvalue weighted by atomic mass is 10.2. The van der Waals surface area contributed by atoms with Gasteiger partial charge in [0.25, 0.3) is 5.91 Å². The van der Waals surface area contributed by atoms with E-state index >= 15 is 0 Å². The fourth-order valence-electron chi connectivity index (χ4n) is 3.62. The Hall–Kier alpha value is -2.79. The number of carbonyl (C=O) groups is 1. The molecule has 3 aromatic rings. The van der Waals surface area contributed by atoms with Gasteiger partial charge in [-0.3, -0.25) is 10.1 Å². The number of sulfonamides is 1. The minimum atomic E-state index is -3.65. The minimum absolute atomic E-state index is 0.0838. The molecule has 0 saturated heterocycles. The van der Waals surface area contributed by atoms with Crippen molar-refractivity contribution in [3.05, 3.63) is 88.4 Å². The van der Waals surface area contributed by atoms with Gasteiger partial charge in [0.05, 0.1) is 17.1 Å². The molecular weight excluding hydrogens is 586 g/mol. The van der Waals surface area contributed by atoms with Gasteiger partial charge in [0.1, 0.15) is 5.75 Å². The van der Waals surface area contributed by atoms with Crippen molar-refractivity contribution in [2.75, 3.05) is 18.5 Å². The molecule has 0 saturated carbocycles. The number of thiocarbonyl (C=S) groups is 1. The fourth-order valence-corrected chi connectivity index (χ4v) is 5.23. The molecule has 0 bridgehead atoms. The lowest BCUT2D eigenvalue weighted by Crippen LogP contribution is -2.34. The second-order valence-corrected chi connectivity index (χ2v) is 11.7. The largest absolute Gasteiger partial charge is 0.493 e. The van der Waals surface area contributed by atoms with E-state index in [1.165, 1.54) is 12.1 Å². The highest BCUT2D eigenvalue weighted by Crippen LogP contribution is 2.24. The summed E-state index contributed by atoms with van der Waals surface area (Å²) in [6.07, 6.45) is 4.87. The molecule has 3 N–H and O–H groups in total. The van der Waals surface area contributed by atoms with E-state index in [1.54, 1.807) is 24.3 Å². The van der Waals surface area contributed by atoms with Gasteiger partial charge in [0.2, 0.25) is 10.0 Å². The maximum absolute atomic E-state index is 12.9. The number of benzene rings is 3. The third-order valence-corrected chi connectivity index (χ3v) is 7.81. The zero-order chi connectivity index (χ0) is 27.4. The van der Waals surface area contributed by atoms with Crippen LogP contribution in [0.25, 0.3) is 0 Å². The summed E-state index contributed by atoms with van der Waals surface area (Å²) < 4.78 is 34.4. The molecule has 0 unspecified atom stereocenters. The molecule has 1 amide bonds. The highest BCUT2D eigenvalue weighted by molar-refractivity contribution is 9.10.